The molecule has 2 rings (SSSR count). The van der Waals surface area contributed by atoms with Gasteiger partial charge in [-0.1, -0.05) is 0 Å². The fraction of sp³-hybridized carbons (Fsp3) is 0.333. The van der Waals surface area contributed by atoms with Gasteiger partial charge in [-0.3, -0.25) is 0 Å². The molecule has 0 bridgehead atoms. The highest BCUT2D eigenvalue weighted by Crippen LogP contribution is 2.42. The van der Waals surface area contributed by atoms with E-state index in [1.165, 1.54) is 11.8 Å². The first kappa shape index (κ1) is 8.72. The van der Waals surface area contributed by atoms with E-state index in [1.54, 1.807) is 0 Å². The molecule has 0 radical (unpaired) electrons. The Morgan fingerprint density at radius 1 is 1.62 bits per heavy atom. The fourth-order valence-corrected chi connectivity index (χ4v) is 1.99. The Morgan fingerprint density at radius 2 is 2.38 bits per heavy atom. The van der Waals surface area contributed by atoms with Gasteiger partial charge in [-0.2, -0.15) is 0 Å². The molecule has 1 atom stereocenters. The molecule has 70 valence electrons. The van der Waals surface area contributed by atoms with E-state index in [2.05, 4.69) is 0 Å². The topological polar surface area (TPSA) is 55.5 Å². The first-order valence-electron chi connectivity index (χ1n) is 4.02. The highest BCUT2D eigenvalue weighted by Gasteiger charge is 2.25. The van der Waals surface area contributed by atoms with Crippen LogP contribution in [-0.2, 0) is 0 Å². The molecular weight excluding hydrogens is 186 g/mol. The molecular formula is C9H11NO2S. The van der Waals surface area contributed by atoms with Gasteiger partial charge in [0.15, 0.2) is 0 Å². The van der Waals surface area contributed by atoms with Gasteiger partial charge in [0.2, 0.25) is 0 Å². The summed E-state index contributed by atoms with van der Waals surface area (Å²) in [5, 5.41) is 9.80. The van der Waals surface area contributed by atoms with Crippen molar-refractivity contribution in [3.05, 3.63) is 17.7 Å². The number of nitrogens with two attached hydrogens (primary N) is 1. The largest absolute Gasteiger partial charge is 0.506 e. The van der Waals surface area contributed by atoms with Crippen molar-refractivity contribution in [1.29, 1.82) is 0 Å². The van der Waals surface area contributed by atoms with Crippen molar-refractivity contribution in [2.24, 2.45) is 5.73 Å². The van der Waals surface area contributed by atoms with E-state index >= 15 is 0 Å². The van der Waals surface area contributed by atoms with Gasteiger partial charge in [-0.15, -0.1) is 11.8 Å². The molecule has 3 nitrogen and oxygen atoms in total. The number of benzene rings is 1. The highest BCUT2D eigenvalue weighted by atomic mass is 32.2. The smallest absolute Gasteiger partial charge is 0.137 e. The number of aromatic hydroxyl groups is 1. The first-order valence-corrected chi connectivity index (χ1v) is 5.24. The third-order valence-corrected chi connectivity index (χ3v) is 2.92. The van der Waals surface area contributed by atoms with E-state index in [9.17, 15) is 5.11 Å². The second-order valence-electron chi connectivity index (χ2n) is 2.95. The van der Waals surface area contributed by atoms with Crippen LogP contribution in [-0.4, -0.2) is 18.0 Å². The molecule has 0 aromatic heterocycles. The van der Waals surface area contributed by atoms with E-state index in [0.717, 1.165) is 10.5 Å². The van der Waals surface area contributed by atoms with E-state index in [4.69, 9.17) is 10.5 Å². The van der Waals surface area contributed by atoms with Crippen LogP contribution in [0.5, 0.6) is 11.5 Å². The Balaban J connectivity index is 2.56. The normalized spacial score (nSPS) is 19.7. The van der Waals surface area contributed by atoms with E-state index in [-0.39, 0.29) is 11.8 Å². The maximum Gasteiger partial charge on any atom is 0.137 e. The number of rotatable bonds is 1. The number of thioether (sulfide) groups is 1. The fourth-order valence-electron chi connectivity index (χ4n) is 1.48. The SMILES string of the molecule is CSc1ccc2c(c1O)[C@H](N)CO2. The first-order chi connectivity index (χ1) is 6.24. The summed E-state index contributed by atoms with van der Waals surface area (Å²) in [4.78, 5) is 0.847. The van der Waals surface area contributed by atoms with Crippen molar-refractivity contribution < 1.29 is 9.84 Å². The predicted octanol–water partition coefficient (Wildman–Crippen LogP) is 1.51. The summed E-state index contributed by atoms with van der Waals surface area (Å²) in [6, 6.07) is 3.51. The predicted molar refractivity (Wildman–Crippen MR) is 52.3 cm³/mol. The zero-order valence-corrected chi connectivity index (χ0v) is 8.10. The Labute approximate surface area is 80.9 Å². The molecule has 4 heteroatoms. The van der Waals surface area contributed by atoms with Crippen molar-refractivity contribution >= 4 is 11.8 Å². The third-order valence-electron chi connectivity index (χ3n) is 2.15. The number of ether oxygens (including phenoxy) is 1. The van der Waals surface area contributed by atoms with Gasteiger partial charge in [0.05, 0.1) is 11.6 Å². The van der Waals surface area contributed by atoms with Crippen LogP contribution in [0.15, 0.2) is 17.0 Å². The molecule has 0 amide bonds. The number of fused-ring (bicyclic) bond motifs is 1. The Morgan fingerprint density at radius 3 is 3.08 bits per heavy atom. The number of hydrogen-bond donors (Lipinski definition) is 2. The summed E-state index contributed by atoms with van der Waals surface area (Å²) in [7, 11) is 0. The molecule has 0 saturated carbocycles. The lowest BCUT2D eigenvalue weighted by molar-refractivity contribution is 0.333. The highest BCUT2D eigenvalue weighted by molar-refractivity contribution is 7.98. The monoisotopic (exact) mass is 197 g/mol. The van der Waals surface area contributed by atoms with Crippen LogP contribution in [0, 0.1) is 0 Å². The second kappa shape index (κ2) is 3.12. The molecule has 1 heterocycles. The van der Waals surface area contributed by atoms with Crippen LogP contribution in [0.25, 0.3) is 0 Å². The van der Waals surface area contributed by atoms with Gasteiger partial charge in [-0.05, 0) is 18.4 Å². The van der Waals surface area contributed by atoms with E-state index < -0.39 is 0 Å². The minimum Gasteiger partial charge on any atom is -0.506 e. The van der Waals surface area contributed by atoms with Crippen molar-refractivity contribution in [2.45, 2.75) is 10.9 Å². The summed E-state index contributed by atoms with van der Waals surface area (Å²) in [6.07, 6.45) is 1.92. The Bertz CT molecular complexity index is 341. The average molecular weight is 197 g/mol. The summed E-state index contributed by atoms with van der Waals surface area (Å²) < 4.78 is 5.30. The lowest BCUT2D eigenvalue weighted by Crippen LogP contribution is -2.11. The van der Waals surface area contributed by atoms with Gasteiger partial charge in [0, 0.05) is 4.90 Å². The van der Waals surface area contributed by atoms with Crippen molar-refractivity contribution in [3.63, 3.8) is 0 Å². The summed E-state index contributed by atoms with van der Waals surface area (Å²) in [5.41, 5.74) is 6.52. The summed E-state index contributed by atoms with van der Waals surface area (Å²) in [5.74, 6) is 0.984. The third kappa shape index (κ3) is 1.26. The quantitative estimate of drug-likeness (QED) is 0.670. The second-order valence-corrected chi connectivity index (χ2v) is 3.79. The number of hydrogen-bond acceptors (Lipinski definition) is 4. The van der Waals surface area contributed by atoms with Crippen LogP contribution >= 0.6 is 11.8 Å². The maximum absolute atomic E-state index is 9.80. The lowest BCUT2D eigenvalue weighted by Gasteiger charge is -2.07. The summed E-state index contributed by atoms with van der Waals surface area (Å²) >= 11 is 1.50. The molecule has 0 unspecified atom stereocenters. The van der Waals surface area contributed by atoms with Crippen molar-refractivity contribution in [3.8, 4) is 11.5 Å². The zero-order chi connectivity index (χ0) is 9.42. The molecule has 0 fully saturated rings. The minimum atomic E-state index is -0.193. The average Bonchev–Trinajstić information content (AvgIpc) is 2.49. The number of phenols is 1. The van der Waals surface area contributed by atoms with Gasteiger partial charge in [0.1, 0.15) is 18.1 Å². The molecule has 0 spiro atoms. The van der Waals surface area contributed by atoms with Crippen LogP contribution in [0.2, 0.25) is 0 Å². The van der Waals surface area contributed by atoms with Crippen LogP contribution in [0.3, 0.4) is 0 Å². The Hall–Kier alpha value is -0.870. The zero-order valence-electron chi connectivity index (χ0n) is 7.28. The molecule has 1 aliphatic heterocycles. The Kier molecular flexibility index (Phi) is 2.09. The standard InChI is InChI=1S/C9H11NO2S/c1-13-7-3-2-6-8(9(7)11)5(10)4-12-6/h2-3,5,11H,4,10H2,1H3/t5-/m1/s1. The molecule has 3 N–H and O–H groups in total. The number of phenolic OH excluding ortho intramolecular Hbond substituents is 1. The lowest BCUT2D eigenvalue weighted by atomic mass is 10.1. The molecule has 0 aliphatic carbocycles. The van der Waals surface area contributed by atoms with E-state index in [1.807, 2.05) is 18.4 Å². The molecule has 1 aromatic carbocycles. The van der Waals surface area contributed by atoms with Crippen LogP contribution in [0.4, 0.5) is 0 Å². The maximum atomic E-state index is 9.80. The van der Waals surface area contributed by atoms with Gasteiger partial charge < -0.3 is 15.6 Å². The van der Waals surface area contributed by atoms with Crippen LogP contribution < -0.4 is 10.5 Å². The summed E-state index contributed by atoms with van der Waals surface area (Å²) in [6.45, 7) is 0.459. The van der Waals surface area contributed by atoms with Gasteiger partial charge in [0.25, 0.3) is 0 Å². The molecule has 0 saturated heterocycles. The molecule has 1 aromatic rings. The van der Waals surface area contributed by atoms with Crippen LogP contribution in [0.1, 0.15) is 11.6 Å². The molecule has 1 aliphatic rings. The van der Waals surface area contributed by atoms with Crippen molar-refractivity contribution in [2.75, 3.05) is 12.9 Å². The van der Waals surface area contributed by atoms with Crippen molar-refractivity contribution in [1.82, 2.24) is 0 Å². The minimum absolute atomic E-state index is 0.193. The molecule has 13 heavy (non-hydrogen) atoms. The van der Waals surface area contributed by atoms with Gasteiger partial charge in [-0.25, -0.2) is 0 Å². The van der Waals surface area contributed by atoms with Gasteiger partial charge >= 0.3 is 0 Å². The van der Waals surface area contributed by atoms with E-state index in [0.29, 0.717) is 12.4 Å².